The Balaban J connectivity index is 0.00000220. The Hall–Kier alpha value is -0.530. The van der Waals surface area contributed by atoms with Crippen molar-refractivity contribution in [2.45, 2.75) is 31.7 Å². The Morgan fingerprint density at radius 1 is 1.43 bits per heavy atom. The highest BCUT2D eigenvalue weighted by Crippen LogP contribution is 2.25. The van der Waals surface area contributed by atoms with Crippen molar-refractivity contribution in [3.8, 4) is 5.75 Å². The van der Waals surface area contributed by atoms with Crippen LogP contribution in [-0.4, -0.2) is 25.6 Å². The monoisotopic (exact) mass is 424 g/mol. The highest BCUT2D eigenvalue weighted by atomic mass is 127. The molecule has 2 atom stereocenters. The third kappa shape index (κ3) is 4.72. The van der Waals surface area contributed by atoms with Gasteiger partial charge in [0.1, 0.15) is 5.75 Å². The van der Waals surface area contributed by atoms with E-state index in [2.05, 4.69) is 27.9 Å². The largest absolute Gasteiger partial charge is 0.497 e. The van der Waals surface area contributed by atoms with Crippen LogP contribution in [0.1, 0.15) is 36.0 Å². The predicted molar refractivity (Wildman–Crippen MR) is 95.2 cm³/mol. The number of methoxy groups -OCH3 is 1. The molecule has 0 aromatic heterocycles. The molecule has 2 unspecified atom stereocenters. The average Bonchev–Trinajstić information content (AvgIpc) is 2.47. The number of benzene rings is 1. The summed E-state index contributed by atoms with van der Waals surface area (Å²) in [6, 6.07) is 5.71. The molecule has 0 radical (unpaired) electrons. The maximum atomic E-state index is 12.4. The number of nitrogens with two attached hydrogens (primary N) is 1. The summed E-state index contributed by atoms with van der Waals surface area (Å²) in [5, 5.41) is 3.15. The van der Waals surface area contributed by atoms with Gasteiger partial charge in [0.25, 0.3) is 5.91 Å². The highest BCUT2D eigenvalue weighted by Gasteiger charge is 2.26. The predicted octanol–water partition coefficient (Wildman–Crippen LogP) is 2.97. The lowest BCUT2D eigenvalue weighted by Gasteiger charge is -2.31. The molecule has 2 rings (SSSR count). The van der Waals surface area contributed by atoms with Gasteiger partial charge in [-0.2, -0.15) is 0 Å². The summed E-state index contributed by atoms with van der Waals surface area (Å²) in [7, 11) is 1.62. The molecule has 0 aliphatic heterocycles. The number of hydrogen-bond donors (Lipinski definition) is 2. The van der Waals surface area contributed by atoms with Gasteiger partial charge in [-0.3, -0.25) is 4.79 Å². The van der Waals surface area contributed by atoms with Gasteiger partial charge in [0, 0.05) is 9.61 Å². The smallest absolute Gasteiger partial charge is 0.252 e. The first-order valence-electron chi connectivity index (χ1n) is 7.00. The van der Waals surface area contributed by atoms with E-state index in [1.54, 1.807) is 7.11 Å². The molecule has 1 aromatic rings. The minimum atomic E-state index is -0.0117. The summed E-state index contributed by atoms with van der Waals surface area (Å²) in [6.07, 6.45) is 4.52. The minimum absolute atomic E-state index is 0. The van der Waals surface area contributed by atoms with Gasteiger partial charge in [0.05, 0.1) is 12.7 Å². The van der Waals surface area contributed by atoms with Gasteiger partial charge in [-0.05, 0) is 66.1 Å². The number of halogens is 2. The van der Waals surface area contributed by atoms with Crippen molar-refractivity contribution in [3.05, 3.63) is 27.3 Å². The molecule has 0 bridgehead atoms. The zero-order valence-electron chi connectivity index (χ0n) is 12.1. The van der Waals surface area contributed by atoms with Crippen molar-refractivity contribution < 1.29 is 9.53 Å². The molecule has 1 aliphatic carbocycles. The first-order valence-corrected chi connectivity index (χ1v) is 8.08. The van der Waals surface area contributed by atoms with Crippen LogP contribution in [0, 0.1) is 9.49 Å². The molecule has 1 fully saturated rings. The van der Waals surface area contributed by atoms with Crippen molar-refractivity contribution >= 4 is 40.9 Å². The van der Waals surface area contributed by atoms with Gasteiger partial charge in [-0.15, -0.1) is 12.4 Å². The first kappa shape index (κ1) is 18.5. The lowest BCUT2D eigenvalue weighted by atomic mass is 9.84. The van der Waals surface area contributed by atoms with E-state index in [1.165, 1.54) is 12.8 Å². The highest BCUT2D eigenvalue weighted by molar-refractivity contribution is 14.1. The number of rotatable bonds is 4. The molecular formula is C15H22ClIN2O2. The Kier molecular flexibility index (Phi) is 7.76. The van der Waals surface area contributed by atoms with Crippen LogP contribution in [0.2, 0.25) is 0 Å². The van der Waals surface area contributed by atoms with Crippen LogP contribution in [0.5, 0.6) is 5.75 Å². The lowest BCUT2D eigenvalue weighted by Crippen LogP contribution is -2.44. The van der Waals surface area contributed by atoms with Crippen molar-refractivity contribution in [1.82, 2.24) is 5.32 Å². The normalized spacial score (nSPS) is 21.3. The van der Waals surface area contributed by atoms with Gasteiger partial charge in [-0.25, -0.2) is 0 Å². The second-order valence-corrected chi connectivity index (χ2v) is 6.37. The summed E-state index contributed by atoms with van der Waals surface area (Å²) in [5.74, 6) is 1.16. The van der Waals surface area contributed by atoms with E-state index in [9.17, 15) is 4.79 Å². The van der Waals surface area contributed by atoms with Crippen LogP contribution in [0.25, 0.3) is 0 Å². The van der Waals surface area contributed by atoms with Crippen molar-refractivity contribution in [2.24, 2.45) is 11.7 Å². The maximum absolute atomic E-state index is 12.4. The SMILES string of the molecule is COc1ccc(C(=O)NC2CCCCC2CN)c(I)c1.Cl. The Morgan fingerprint density at radius 3 is 2.76 bits per heavy atom. The van der Waals surface area contributed by atoms with E-state index in [0.29, 0.717) is 18.0 Å². The van der Waals surface area contributed by atoms with E-state index in [4.69, 9.17) is 10.5 Å². The van der Waals surface area contributed by atoms with Crippen LogP contribution in [0.3, 0.4) is 0 Å². The molecule has 118 valence electrons. The van der Waals surface area contributed by atoms with E-state index in [-0.39, 0.29) is 24.4 Å². The van der Waals surface area contributed by atoms with E-state index in [0.717, 1.165) is 22.2 Å². The van der Waals surface area contributed by atoms with Crippen LogP contribution in [0.4, 0.5) is 0 Å². The number of nitrogens with one attached hydrogen (secondary N) is 1. The number of hydrogen-bond acceptors (Lipinski definition) is 3. The number of carbonyl (C=O) groups excluding carboxylic acids is 1. The fraction of sp³-hybridized carbons (Fsp3) is 0.533. The Bertz CT molecular complexity index is 485. The van der Waals surface area contributed by atoms with Gasteiger partial charge >= 0.3 is 0 Å². The molecule has 6 heteroatoms. The summed E-state index contributed by atoms with van der Waals surface area (Å²) < 4.78 is 6.06. The van der Waals surface area contributed by atoms with Crippen LogP contribution >= 0.6 is 35.0 Å². The van der Waals surface area contributed by atoms with Crippen LogP contribution < -0.4 is 15.8 Å². The van der Waals surface area contributed by atoms with E-state index >= 15 is 0 Å². The maximum Gasteiger partial charge on any atom is 0.252 e. The lowest BCUT2D eigenvalue weighted by molar-refractivity contribution is 0.0907. The van der Waals surface area contributed by atoms with Crippen LogP contribution in [0.15, 0.2) is 18.2 Å². The molecule has 0 heterocycles. The zero-order valence-corrected chi connectivity index (χ0v) is 15.1. The summed E-state index contributed by atoms with van der Waals surface area (Å²) >= 11 is 2.17. The Morgan fingerprint density at radius 2 is 2.14 bits per heavy atom. The third-order valence-corrected chi connectivity index (χ3v) is 4.84. The standard InChI is InChI=1S/C15H21IN2O2.ClH/c1-20-11-6-7-12(13(16)8-11)15(19)18-14-5-3-2-4-10(14)9-17;/h6-8,10,14H,2-5,9,17H2,1H3,(H,18,19);1H. The molecule has 1 amide bonds. The second-order valence-electron chi connectivity index (χ2n) is 5.21. The summed E-state index contributed by atoms with van der Waals surface area (Å²) in [6.45, 7) is 0.644. The first-order chi connectivity index (χ1) is 9.65. The topological polar surface area (TPSA) is 64.3 Å². The molecule has 1 aromatic carbocycles. The van der Waals surface area contributed by atoms with Crippen molar-refractivity contribution in [1.29, 1.82) is 0 Å². The molecule has 1 aliphatic rings. The quantitative estimate of drug-likeness (QED) is 0.731. The Labute approximate surface area is 145 Å². The number of amides is 1. The number of carbonyl (C=O) groups is 1. The van der Waals surface area contributed by atoms with Gasteiger partial charge in [0.2, 0.25) is 0 Å². The van der Waals surface area contributed by atoms with Gasteiger partial charge in [-0.1, -0.05) is 12.8 Å². The summed E-state index contributed by atoms with van der Waals surface area (Å²) in [4.78, 5) is 12.4. The zero-order chi connectivity index (χ0) is 14.5. The van der Waals surface area contributed by atoms with Crippen LogP contribution in [-0.2, 0) is 0 Å². The molecule has 0 saturated heterocycles. The average molecular weight is 425 g/mol. The van der Waals surface area contributed by atoms with Gasteiger partial charge in [0.15, 0.2) is 0 Å². The minimum Gasteiger partial charge on any atom is -0.497 e. The fourth-order valence-corrected chi connectivity index (χ4v) is 3.46. The molecular weight excluding hydrogens is 403 g/mol. The second kappa shape index (κ2) is 8.80. The van der Waals surface area contributed by atoms with Crippen molar-refractivity contribution in [2.75, 3.05) is 13.7 Å². The summed E-state index contributed by atoms with van der Waals surface area (Å²) in [5.41, 5.74) is 6.51. The molecule has 21 heavy (non-hydrogen) atoms. The molecule has 4 nitrogen and oxygen atoms in total. The fourth-order valence-electron chi connectivity index (χ4n) is 2.73. The van der Waals surface area contributed by atoms with Gasteiger partial charge < -0.3 is 15.8 Å². The molecule has 0 spiro atoms. The molecule has 3 N–H and O–H groups in total. The molecule has 1 saturated carbocycles. The van der Waals surface area contributed by atoms with E-state index in [1.807, 2.05) is 18.2 Å². The third-order valence-electron chi connectivity index (χ3n) is 3.95. The van der Waals surface area contributed by atoms with Crippen molar-refractivity contribution in [3.63, 3.8) is 0 Å². The number of ether oxygens (including phenoxy) is 1. The van der Waals surface area contributed by atoms with E-state index < -0.39 is 0 Å².